The van der Waals surface area contributed by atoms with Crippen LogP contribution in [0.1, 0.15) is 24.0 Å². The molecule has 1 atom stereocenters. The molecule has 0 saturated heterocycles. The van der Waals surface area contributed by atoms with E-state index < -0.39 is 0 Å². The molecule has 0 spiro atoms. The fraction of sp³-hybridized carbons (Fsp3) is 0.417. The van der Waals surface area contributed by atoms with Gasteiger partial charge in [-0.15, -0.1) is 0 Å². The minimum absolute atomic E-state index is 0.0171. The van der Waals surface area contributed by atoms with Crippen LogP contribution in [0.4, 0.5) is 0 Å². The molecule has 3 N–H and O–H groups in total. The topological polar surface area (TPSA) is 69.0 Å². The molecular formula is C12H18N4O. The highest BCUT2D eigenvalue weighted by molar-refractivity contribution is 5.15. The third kappa shape index (κ3) is 2.75. The molecule has 2 heterocycles. The summed E-state index contributed by atoms with van der Waals surface area (Å²) in [6.45, 7) is 1.52. The van der Waals surface area contributed by atoms with Gasteiger partial charge in [-0.05, 0) is 31.6 Å². The zero-order valence-electron chi connectivity index (χ0n) is 9.97. The number of hydrogen-bond donors (Lipinski definition) is 2. The van der Waals surface area contributed by atoms with E-state index in [0.29, 0.717) is 6.54 Å². The maximum absolute atomic E-state index is 5.50. The van der Waals surface area contributed by atoms with E-state index in [4.69, 9.17) is 10.2 Å². The summed E-state index contributed by atoms with van der Waals surface area (Å²) in [6.07, 6.45) is 6.32. The van der Waals surface area contributed by atoms with Crippen LogP contribution < -0.4 is 11.1 Å². The molecule has 0 aliphatic heterocycles. The van der Waals surface area contributed by atoms with E-state index in [1.165, 1.54) is 0 Å². The fourth-order valence-corrected chi connectivity index (χ4v) is 1.78. The molecule has 2 rings (SSSR count). The van der Waals surface area contributed by atoms with Crippen molar-refractivity contribution in [1.82, 2.24) is 14.9 Å². The average molecular weight is 234 g/mol. The van der Waals surface area contributed by atoms with Crippen LogP contribution in [0.3, 0.4) is 0 Å². The van der Waals surface area contributed by atoms with Crippen molar-refractivity contribution in [2.45, 2.75) is 12.5 Å². The van der Waals surface area contributed by atoms with E-state index in [9.17, 15) is 0 Å². The first-order chi connectivity index (χ1) is 8.33. The molecule has 2 aromatic rings. The number of rotatable bonds is 6. The third-order valence-corrected chi connectivity index (χ3v) is 2.67. The molecule has 0 bridgehead atoms. The zero-order valence-corrected chi connectivity index (χ0v) is 9.97. The SMILES string of the molecule is Cn1ccnc1C(NCCCN)c1ccco1. The Bertz CT molecular complexity index is 435. The standard InChI is InChI=1S/C12H18N4O/c1-16-8-7-15-12(16)11(14-6-3-5-13)10-4-2-9-17-10/h2,4,7-9,11,14H,3,5-6,13H2,1H3. The Hall–Kier alpha value is -1.59. The lowest BCUT2D eigenvalue weighted by atomic mass is 10.2. The van der Waals surface area contributed by atoms with Crippen molar-refractivity contribution in [3.05, 3.63) is 42.4 Å². The van der Waals surface area contributed by atoms with E-state index in [0.717, 1.165) is 24.6 Å². The van der Waals surface area contributed by atoms with Gasteiger partial charge in [-0.25, -0.2) is 4.98 Å². The van der Waals surface area contributed by atoms with Gasteiger partial charge in [0.05, 0.1) is 6.26 Å². The van der Waals surface area contributed by atoms with Gasteiger partial charge in [-0.2, -0.15) is 0 Å². The molecule has 0 amide bonds. The Morgan fingerprint density at radius 2 is 2.47 bits per heavy atom. The second-order valence-corrected chi connectivity index (χ2v) is 3.94. The number of aromatic nitrogens is 2. The van der Waals surface area contributed by atoms with E-state index >= 15 is 0 Å². The molecule has 2 aromatic heterocycles. The monoisotopic (exact) mass is 234 g/mol. The summed E-state index contributed by atoms with van der Waals surface area (Å²) in [5.41, 5.74) is 5.50. The highest BCUT2D eigenvalue weighted by atomic mass is 16.3. The smallest absolute Gasteiger partial charge is 0.133 e. The second kappa shape index (κ2) is 5.65. The largest absolute Gasteiger partial charge is 0.467 e. The predicted molar refractivity (Wildman–Crippen MR) is 65.4 cm³/mol. The number of furan rings is 1. The second-order valence-electron chi connectivity index (χ2n) is 3.94. The van der Waals surface area contributed by atoms with Gasteiger partial charge in [0.2, 0.25) is 0 Å². The molecular weight excluding hydrogens is 216 g/mol. The van der Waals surface area contributed by atoms with Crippen molar-refractivity contribution in [3.63, 3.8) is 0 Å². The van der Waals surface area contributed by atoms with E-state index in [1.807, 2.05) is 29.9 Å². The molecule has 5 heteroatoms. The molecule has 5 nitrogen and oxygen atoms in total. The lowest BCUT2D eigenvalue weighted by Gasteiger charge is -2.16. The summed E-state index contributed by atoms with van der Waals surface area (Å²) in [5, 5.41) is 3.41. The molecule has 0 aliphatic rings. The first kappa shape index (κ1) is 11.9. The van der Waals surface area contributed by atoms with Crippen LogP contribution >= 0.6 is 0 Å². The Labute approximate surface area is 101 Å². The third-order valence-electron chi connectivity index (χ3n) is 2.67. The highest BCUT2D eigenvalue weighted by Gasteiger charge is 2.19. The van der Waals surface area contributed by atoms with Crippen molar-refractivity contribution in [2.24, 2.45) is 12.8 Å². The van der Waals surface area contributed by atoms with Crippen molar-refractivity contribution in [3.8, 4) is 0 Å². The van der Waals surface area contributed by atoms with Crippen LogP contribution in [0.2, 0.25) is 0 Å². The number of aryl methyl sites for hydroxylation is 1. The Kier molecular flexibility index (Phi) is 3.95. The molecule has 0 fully saturated rings. The summed E-state index contributed by atoms with van der Waals surface area (Å²) >= 11 is 0. The Balaban J connectivity index is 2.16. The first-order valence-electron chi connectivity index (χ1n) is 5.77. The number of hydrogen-bond acceptors (Lipinski definition) is 4. The van der Waals surface area contributed by atoms with Gasteiger partial charge in [-0.3, -0.25) is 0 Å². The van der Waals surface area contributed by atoms with Crippen molar-refractivity contribution < 1.29 is 4.42 Å². The first-order valence-corrected chi connectivity index (χ1v) is 5.77. The molecule has 92 valence electrons. The molecule has 1 unspecified atom stereocenters. The van der Waals surface area contributed by atoms with Crippen LogP contribution in [0.15, 0.2) is 35.2 Å². The van der Waals surface area contributed by atoms with E-state index in [1.54, 1.807) is 12.5 Å². The normalized spacial score (nSPS) is 12.8. The van der Waals surface area contributed by atoms with Gasteiger partial charge < -0.3 is 20.0 Å². The minimum atomic E-state index is -0.0171. The van der Waals surface area contributed by atoms with Crippen LogP contribution in [0, 0.1) is 0 Å². The maximum Gasteiger partial charge on any atom is 0.133 e. The number of nitrogens with one attached hydrogen (secondary N) is 1. The van der Waals surface area contributed by atoms with Gasteiger partial charge in [0.1, 0.15) is 17.6 Å². The van der Waals surface area contributed by atoms with Crippen molar-refractivity contribution >= 4 is 0 Å². The van der Waals surface area contributed by atoms with Crippen LogP contribution in [-0.4, -0.2) is 22.6 Å². The van der Waals surface area contributed by atoms with Crippen LogP contribution in [-0.2, 0) is 7.05 Å². The number of nitrogens with zero attached hydrogens (tertiary/aromatic N) is 2. The summed E-state index contributed by atoms with van der Waals surface area (Å²) in [7, 11) is 1.98. The van der Waals surface area contributed by atoms with Crippen LogP contribution in [0.5, 0.6) is 0 Å². The Morgan fingerprint density at radius 1 is 1.59 bits per heavy atom. The molecule has 0 aliphatic carbocycles. The van der Waals surface area contributed by atoms with Gasteiger partial charge in [0.15, 0.2) is 0 Å². The summed E-state index contributed by atoms with van der Waals surface area (Å²) in [4.78, 5) is 4.36. The maximum atomic E-state index is 5.50. The van der Waals surface area contributed by atoms with Gasteiger partial charge >= 0.3 is 0 Å². The molecule has 17 heavy (non-hydrogen) atoms. The minimum Gasteiger partial charge on any atom is -0.467 e. The van der Waals surface area contributed by atoms with Crippen molar-refractivity contribution in [2.75, 3.05) is 13.1 Å². The van der Waals surface area contributed by atoms with Gasteiger partial charge in [0, 0.05) is 19.4 Å². The fourth-order valence-electron chi connectivity index (χ4n) is 1.78. The lowest BCUT2D eigenvalue weighted by molar-refractivity contribution is 0.429. The predicted octanol–water partition coefficient (Wildman–Crippen LogP) is 1.04. The molecule has 0 radical (unpaired) electrons. The highest BCUT2D eigenvalue weighted by Crippen LogP contribution is 2.20. The number of imidazole rings is 1. The molecule has 0 saturated carbocycles. The van der Waals surface area contributed by atoms with Crippen LogP contribution in [0.25, 0.3) is 0 Å². The number of nitrogens with two attached hydrogens (primary N) is 1. The average Bonchev–Trinajstić information content (AvgIpc) is 2.96. The van der Waals surface area contributed by atoms with E-state index in [-0.39, 0.29) is 6.04 Å². The lowest BCUT2D eigenvalue weighted by Crippen LogP contribution is -2.26. The quantitative estimate of drug-likeness (QED) is 0.733. The zero-order chi connectivity index (χ0) is 12.1. The summed E-state index contributed by atoms with van der Waals surface area (Å²) in [6, 6.07) is 3.82. The van der Waals surface area contributed by atoms with Gasteiger partial charge in [-0.1, -0.05) is 0 Å². The molecule has 0 aromatic carbocycles. The van der Waals surface area contributed by atoms with E-state index in [2.05, 4.69) is 10.3 Å². The summed E-state index contributed by atoms with van der Waals surface area (Å²) in [5.74, 6) is 1.81. The van der Waals surface area contributed by atoms with Crippen molar-refractivity contribution in [1.29, 1.82) is 0 Å². The summed E-state index contributed by atoms with van der Waals surface area (Å²) < 4.78 is 7.45. The van der Waals surface area contributed by atoms with Gasteiger partial charge in [0.25, 0.3) is 0 Å². The Morgan fingerprint density at radius 3 is 3.06 bits per heavy atom.